The van der Waals surface area contributed by atoms with Crippen molar-refractivity contribution in [2.75, 3.05) is 12.4 Å². The molecule has 0 unspecified atom stereocenters. The van der Waals surface area contributed by atoms with Gasteiger partial charge in [0.2, 0.25) is 0 Å². The minimum atomic E-state index is -0.308. The van der Waals surface area contributed by atoms with Crippen molar-refractivity contribution in [3.63, 3.8) is 0 Å². The predicted molar refractivity (Wildman–Crippen MR) is 72.6 cm³/mol. The summed E-state index contributed by atoms with van der Waals surface area (Å²) in [7, 11) is 1.49. The Hall–Kier alpha value is -1.25. The fourth-order valence-corrected chi connectivity index (χ4v) is 2.70. The van der Waals surface area contributed by atoms with Gasteiger partial charge in [-0.2, -0.15) is 0 Å². The van der Waals surface area contributed by atoms with Gasteiger partial charge in [0.05, 0.1) is 7.11 Å². The van der Waals surface area contributed by atoms with E-state index in [2.05, 4.69) is 12.2 Å². The predicted octanol–water partition coefficient (Wildman–Crippen LogP) is 4.22. The molecule has 0 aliphatic heterocycles. The average molecular weight is 251 g/mol. The Balaban J connectivity index is 1.94. The van der Waals surface area contributed by atoms with E-state index in [0.29, 0.717) is 11.8 Å². The van der Waals surface area contributed by atoms with Gasteiger partial charge in [0.25, 0.3) is 0 Å². The molecule has 1 aromatic carbocycles. The van der Waals surface area contributed by atoms with Gasteiger partial charge in [-0.25, -0.2) is 4.39 Å². The summed E-state index contributed by atoms with van der Waals surface area (Å²) in [6.45, 7) is 2.27. The van der Waals surface area contributed by atoms with Crippen molar-refractivity contribution in [2.45, 2.75) is 45.1 Å². The van der Waals surface area contributed by atoms with Gasteiger partial charge in [0.15, 0.2) is 11.6 Å². The van der Waals surface area contributed by atoms with Crippen LogP contribution in [0.3, 0.4) is 0 Å². The summed E-state index contributed by atoms with van der Waals surface area (Å²) in [6, 6.07) is 5.49. The summed E-state index contributed by atoms with van der Waals surface area (Å²) in [5.74, 6) is 0.894. The van der Waals surface area contributed by atoms with E-state index in [0.717, 1.165) is 11.6 Å². The summed E-state index contributed by atoms with van der Waals surface area (Å²) in [6.07, 6.45) is 6.30. The first-order valence-corrected chi connectivity index (χ1v) is 6.83. The van der Waals surface area contributed by atoms with Crippen LogP contribution in [0.4, 0.5) is 10.1 Å². The zero-order chi connectivity index (χ0) is 13.0. The van der Waals surface area contributed by atoms with Gasteiger partial charge in [-0.15, -0.1) is 0 Å². The lowest BCUT2D eigenvalue weighted by Crippen LogP contribution is -2.25. The SMILES string of the molecule is CCC1CCC(Nc2ccc(F)c(OC)c2)CC1. The number of hydrogen-bond acceptors (Lipinski definition) is 2. The Labute approximate surface area is 109 Å². The van der Waals surface area contributed by atoms with Gasteiger partial charge in [0.1, 0.15) is 0 Å². The lowest BCUT2D eigenvalue weighted by Gasteiger charge is -2.29. The number of anilines is 1. The van der Waals surface area contributed by atoms with Crippen LogP contribution in [0.25, 0.3) is 0 Å². The third-order valence-corrected chi connectivity index (χ3v) is 3.95. The van der Waals surface area contributed by atoms with Gasteiger partial charge in [-0.05, 0) is 43.7 Å². The number of benzene rings is 1. The molecule has 0 aromatic heterocycles. The topological polar surface area (TPSA) is 21.3 Å². The summed E-state index contributed by atoms with van der Waals surface area (Å²) >= 11 is 0. The number of nitrogens with one attached hydrogen (secondary N) is 1. The lowest BCUT2D eigenvalue weighted by atomic mass is 9.84. The minimum Gasteiger partial charge on any atom is -0.494 e. The molecule has 18 heavy (non-hydrogen) atoms. The quantitative estimate of drug-likeness (QED) is 0.865. The fraction of sp³-hybridized carbons (Fsp3) is 0.600. The van der Waals surface area contributed by atoms with Crippen LogP contribution < -0.4 is 10.1 Å². The Morgan fingerprint density at radius 1 is 1.28 bits per heavy atom. The molecule has 3 heteroatoms. The highest BCUT2D eigenvalue weighted by atomic mass is 19.1. The summed E-state index contributed by atoms with van der Waals surface area (Å²) in [4.78, 5) is 0. The second-order valence-electron chi connectivity index (χ2n) is 5.12. The van der Waals surface area contributed by atoms with Crippen LogP contribution in [0.15, 0.2) is 18.2 Å². The molecule has 2 rings (SSSR count). The molecule has 1 aliphatic rings. The van der Waals surface area contributed by atoms with Gasteiger partial charge in [0, 0.05) is 17.8 Å². The Kier molecular flexibility index (Phi) is 4.45. The molecule has 0 spiro atoms. The van der Waals surface area contributed by atoms with Crippen LogP contribution >= 0.6 is 0 Å². The van der Waals surface area contributed by atoms with Crippen molar-refractivity contribution < 1.29 is 9.13 Å². The standard InChI is InChI=1S/C15H22FNO/c1-3-11-4-6-12(7-5-11)17-13-8-9-14(16)15(10-13)18-2/h8-12,17H,3-7H2,1-2H3. The summed E-state index contributed by atoms with van der Waals surface area (Å²) in [5, 5.41) is 3.48. The summed E-state index contributed by atoms with van der Waals surface area (Å²) < 4.78 is 18.3. The molecule has 1 aliphatic carbocycles. The molecule has 0 saturated heterocycles. The summed E-state index contributed by atoms with van der Waals surface area (Å²) in [5.41, 5.74) is 0.952. The van der Waals surface area contributed by atoms with Gasteiger partial charge < -0.3 is 10.1 Å². The lowest BCUT2D eigenvalue weighted by molar-refractivity contribution is 0.330. The third-order valence-electron chi connectivity index (χ3n) is 3.95. The fourth-order valence-electron chi connectivity index (χ4n) is 2.70. The normalized spacial score (nSPS) is 23.7. The van der Waals surface area contributed by atoms with Crippen molar-refractivity contribution in [1.29, 1.82) is 0 Å². The van der Waals surface area contributed by atoms with Crippen LogP contribution in [-0.4, -0.2) is 13.2 Å². The first-order valence-electron chi connectivity index (χ1n) is 6.83. The molecular weight excluding hydrogens is 229 g/mol. The third kappa shape index (κ3) is 3.15. The molecule has 0 amide bonds. The number of methoxy groups -OCH3 is 1. The van der Waals surface area contributed by atoms with Crippen LogP contribution in [0.2, 0.25) is 0 Å². The highest BCUT2D eigenvalue weighted by molar-refractivity contribution is 5.49. The van der Waals surface area contributed by atoms with Gasteiger partial charge in [-0.3, -0.25) is 0 Å². The monoisotopic (exact) mass is 251 g/mol. The Bertz CT molecular complexity index is 386. The van der Waals surface area contributed by atoms with Crippen molar-refractivity contribution in [2.24, 2.45) is 5.92 Å². The number of halogens is 1. The number of rotatable bonds is 4. The second-order valence-corrected chi connectivity index (χ2v) is 5.12. The average Bonchev–Trinajstić information content (AvgIpc) is 2.42. The zero-order valence-corrected chi connectivity index (χ0v) is 11.2. The maximum absolute atomic E-state index is 13.3. The Morgan fingerprint density at radius 2 is 2.00 bits per heavy atom. The maximum atomic E-state index is 13.3. The van der Waals surface area contributed by atoms with Crippen molar-refractivity contribution in [1.82, 2.24) is 0 Å². The van der Waals surface area contributed by atoms with E-state index in [1.54, 1.807) is 12.1 Å². The van der Waals surface area contributed by atoms with Crippen LogP contribution in [0.5, 0.6) is 5.75 Å². The molecular formula is C15H22FNO. The van der Waals surface area contributed by atoms with Crippen molar-refractivity contribution in [3.05, 3.63) is 24.0 Å². The van der Waals surface area contributed by atoms with E-state index < -0.39 is 0 Å². The van der Waals surface area contributed by atoms with Crippen LogP contribution in [0, 0.1) is 11.7 Å². The second kappa shape index (κ2) is 6.07. The molecule has 2 nitrogen and oxygen atoms in total. The largest absolute Gasteiger partial charge is 0.494 e. The molecule has 1 saturated carbocycles. The zero-order valence-electron chi connectivity index (χ0n) is 11.2. The highest BCUT2D eigenvalue weighted by Gasteiger charge is 2.19. The highest BCUT2D eigenvalue weighted by Crippen LogP contribution is 2.29. The van der Waals surface area contributed by atoms with E-state index >= 15 is 0 Å². The number of hydrogen-bond donors (Lipinski definition) is 1. The molecule has 1 fully saturated rings. The van der Waals surface area contributed by atoms with Crippen LogP contribution in [-0.2, 0) is 0 Å². The molecule has 0 heterocycles. The van der Waals surface area contributed by atoms with E-state index in [1.807, 2.05) is 0 Å². The van der Waals surface area contributed by atoms with Gasteiger partial charge in [-0.1, -0.05) is 13.3 Å². The van der Waals surface area contributed by atoms with E-state index in [9.17, 15) is 4.39 Å². The molecule has 1 aromatic rings. The molecule has 0 radical (unpaired) electrons. The van der Waals surface area contributed by atoms with E-state index in [-0.39, 0.29) is 5.82 Å². The molecule has 0 atom stereocenters. The maximum Gasteiger partial charge on any atom is 0.165 e. The van der Waals surface area contributed by atoms with Gasteiger partial charge >= 0.3 is 0 Å². The van der Waals surface area contributed by atoms with Crippen LogP contribution in [0.1, 0.15) is 39.0 Å². The van der Waals surface area contributed by atoms with Crippen molar-refractivity contribution in [3.8, 4) is 5.75 Å². The minimum absolute atomic E-state index is 0.308. The van der Waals surface area contributed by atoms with E-state index in [1.165, 1.54) is 45.3 Å². The molecule has 1 N–H and O–H groups in total. The molecule has 100 valence electrons. The Morgan fingerprint density at radius 3 is 2.61 bits per heavy atom. The number of ether oxygens (including phenoxy) is 1. The van der Waals surface area contributed by atoms with E-state index in [4.69, 9.17) is 4.74 Å². The first-order chi connectivity index (χ1) is 8.72. The first kappa shape index (κ1) is 13.2. The van der Waals surface area contributed by atoms with Crippen molar-refractivity contribution >= 4 is 5.69 Å². The molecule has 0 bridgehead atoms. The smallest absolute Gasteiger partial charge is 0.165 e.